The fraction of sp³-hybridized carbons (Fsp3) is 0.652. The molecule has 0 saturated heterocycles. The summed E-state index contributed by atoms with van der Waals surface area (Å²) >= 11 is 0. The molecule has 1 atom stereocenters. The summed E-state index contributed by atoms with van der Waals surface area (Å²) in [7, 11) is 0. The van der Waals surface area contributed by atoms with E-state index in [2.05, 4.69) is 136 Å². The van der Waals surface area contributed by atoms with Crippen molar-refractivity contribution in [3.05, 3.63) is 122 Å². The second kappa shape index (κ2) is 59.4. The van der Waals surface area contributed by atoms with E-state index in [1.165, 1.54) is 122 Å². The molecule has 0 amide bonds. The van der Waals surface area contributed by atoms with Crippen LogP contribution in [0.5, 0.6) is 0 Å². The normalized spacial score (nSPS) is 13.0. The van der Waals surface area contributed by atoms with Crippen LogP contribution in [-0.2, 0) is 28.6 Å². The van der Waals surface area contributed by atoms with Gasteiger partial charge >= 0.3 is 17.9 Å². The molecule has 0 aromatic rings. The van der Waals surface area contributed by atoms with E-state index in [1.54, 1.807) is 0 Å². The van der Waals surface area contributed by atoms with Crippen LogP contribution in [0, 0.1) is 0 Å². The maximum absolute atomic E-state index is 12.9. The molecule has 6 nitrogen and oxygen atoms in total. The first-order valence-corrected chi connectivity index (χ1v) is 29.6. The van der Waals surface area contributed by atoms with Gasteiger partial charge in [-0.05, 0) is 109 Å². The summed E-state index contributed by atoms with van der Waals surface area (Å²) in [6.07, 6.45) is 82.0. The lowest BCUT2D eigenvalue weighted by molar-refractivity contribution is -0.166. The van der Waals surface area contributed by atoms with Crippen LogP contribution in [0.2, 0.25) is 0 Å². The number of allylic oxidation sites excluding steroid dienone is 20. The summed E-state index contributed by atoms with van der Waals surface area (Å²) in [4.78, 5) is 38.2. The second-order valence-corrected chi connectivity index (χ2v) is 19.2. The van der Waals surface area contributed by atoms with Crippen LogP contribution >= 0.6 is 0 Å². The Morgan fingerprint density at radius 2 is 0.611 bits per heavy atom. The lowest BCUT2D eigenvalue weighted by atomic mass is 10.1. The summed E-state index contributed by atoms with van der Waals surface area (Å²) in [6, 6.07) is 0. The van der Waals surface area contributed by atoms with Crippen LogP contribution in [0.3, 0.4) is 0 Å². The van der Waals surface area contributed by atoms with Gasteiger partial charge in [-0.1, -0.05) is 251 Å². The van der Waals surface area contributed by atoms with Crippen LogP contribution in [0.25, 0.3) is 0 Å². The maximum atomic E-state index is 12.9. The zero-order valence-electron chi connectivity index (χ0n) is 46.7. The van der Waals surface area contributed by atoms with E-state index in [4.69, 9.17) is 14.2 Å². The quantitative estimate of drug-likeness (QED) is 0.0199. The minimum Gasteiger partial charge on any atom is -0.462 e. The molecular formula is C66H108O6. The topological polar surface area (TPSA) is 78.9 Å². The van der Waals surface area contributed by atoms with E-state index < -0.39 is 6.10 Å². The zero-order valence-corrected chi connectivity index (χ0v) is 46.7. The van der Waals surface area contributed by atoms with E-state index in [-0.39, 0.29) is 37.5 Å². The first kappa shape index (κ1) is 67.8. The number of hydrogen-bond donors (Lipinski definition) is 0. The average molecular weight is 998 g/mol. The van der Waals surface area contributed by atoms with Crippen molar-refractivity contribution < 1.29 is 28.6 Å². The van der Waals surface area contributed by atoms with Crippen molar-refractivity contribution >= 4 is 17.9 Å². The van der Waals surface area contributed by atoms with Crippen LogP contribution in [0.15, 0.2) is 122 Å². The third kappa shape index (κ3) is 56.7. The van der Waals surface area contributed by atoms with Crippen molar-refractivity contribution in [3.63, 3.8) is 0 Å². The highest BCUT2D eigenvalue weighted by atomic mass is 16.6. The third-order valence-corrected chi connectivity index (χ3v) is 12.2. The largest absolute Gasteiger partial charge is 0.462 e. The highest BCUT2D eigenvalue weighted by molar-refractivity contribution is 5.71. The molecule has 0 heterocycles. The molecule has 0 fully saturated rings. The monoisotopic (exact) mass is 997 g/mol. The van der Waals surface area contributed by atoms with E-state index >= 15 is 0 Å². The van der Waals surface area contributed by atoms with Gasteiger partial charge in [-0.15, -0.1) is 0 Å². The molecule has 0 aliphatic carbocycles. The first-order chi connectivity index (χ1) is 35.5. The van der Waals surface area contributed by atoms with Gasteiger partial charge in [0, 0.05) is 19.3 Å². The Labute approximate surface area is 443 Å². The van der Waals surface area contributed by atoms with Crippen LogP contribution in [0.1, 0.15) is 258 Å². The molecule has 0 aliphatic heterocycles. The van der Waals surface area contributed by atoms with Crippen molar-refractivity contribution in [3.8, 4) is 0 Å². The van der Waals surface area contributed by atoms with Gasteiger partial charge in [-0.25, -0.2) is 0 Å². The molecule has 0 rings (SSSR count). The van der Waals surface area contributed by atoms with Gasteiger partial charge in [0.1, 0.15) is 13.2 Å². The van der Waals surface area contributed by atoms with Crippen molar-refractivity contribution in [2.75, 3.05) is 13.2 Å². The highest BCUT2D eigenvalue weighted by Crippen LogP contribution is 2.14. The van der Waals surface area contributed by atoms with Gasteiger partial charge in [-0.3, -0.25) is 14.4 Å². The van der Waals surface area contributed by atoms with Crippen molar-refractivity contribution in [2.45, 2.75) is 264 Å². The molecule has 0 aromatic carbocycles. The second-order valence-electron chi connectivity index (χ2n) is 19.2. The Hall–Kier alpha value is -4.19. The predicted molar refractivity (Wildman–Crippen MR) is 311 cm³/mol. The molecule has 0 N–H and O–H groups in total. The molecule has 0 spiro atoms. The number of rotatable bonds is 52. The molecule has 1 unspecified atom stereocenters. The standard InChI is InChI=1S/C66H108O6/c1-4-7-10-13-16-19-22-25-28-31-33-35-38-41-44-47-50-53-56-59-65(68)71-62-63(61-70-64(67)58-55-52-49-46-43-40-37-30-27-24-21-18-15-12-9-6-3)72-66(69)60-57-54-51-48-45-42-39-36-34-32-29-26-23-20-17-14-11-8-5-2/h7,10,16-17,19-20,23,25-26,28,30,33,35,37,40-41,43-44,50,53,63H,4-6,8-9,11-15,18,21-22,24,27,29,31-32,34,36,38-39,42,45-49,51-52,54-62H2,1-3H3/b10-7-,19-16-,20-17-,26-23-,28-25-,35-33-,37-30-,43-40-,44-41-,53-50-. The van der Waals surface area contributed by atoms with Crippen LogP contribution in [-0.4, -0.2) is 37.2 Å². The predicted octanol–water partition coefficient (Wildman–Crippen LogP) is 20.0. The number of unbranched alkanes of at least 4 members (excludes halogenated alkanes) is 23. The Bertz CT molecular complexity index is 1520. The van der Waals surface area contributed by atoms with Crippen LogP contribution in [0.4, 0.5) is 0 Å². The Morgan fingerprint density at radius 1 is 0.306 bits per heavy atom. The van der Waals surface area contributed by atoms with Gasteiger partial charge in [0.15, 0.2) is 6.10 Å². The third-order valence-electron chi connectivity index (χ3n) is 12.2. The molecule has 0 saturated carbocycles. The molecule has 0 aromatic heterocycles. The Kier molecular flexibility index (Phi) is 55.9. The summed E-state index contributed by atoms with van der Waals surface area (Å²) in [5, 5.41) is 0. The lowest BCUT2D eigenvalue weighted by Crippen LogP contribution is -2.30. The molecule has 408 valence electrons. The first-order valence-electron chi connectivity index (χ1n) is 29.6. The lowest BCUT2D eigenvalue weighted by Gasteiger charge is -2.18. The van der Waals surface area contributed by atoms with E-state index in [1.807, 2.05) is 6.08 Å². The summed E-state index contributed by atoms with van der Waals surface area (Å²) < 4.78 is 16.8. The fourth-order valence-electron chi connectivity index (χ4n) is 7.80. The van der Waals surface area contributed by atoms with Gasteiger partial charge in [-0.2, -0.15) is 0 Å². The summed E-state index contributed by atoms with van der Waals surface area (Å²) in [5.74, 6) is -1.03. The molecule has 72 heavy (non-hydrogen) atoms. The molecule has 0 radical (unpaired) electrons. The van der Waals surface area contributed by atoms with Crippen molar-refractivity contribution in [1.29, 1.82) is 0 Å². The average Bonchev–Trinajstić information content (AvgIpc) is 3.38. The highest BCUT2D eigenvalue weighted by Gasteiger charge is 2.19. The van der Waals surface area contributed by atoms with Crippen molar-refractivity contribution in [2.24, 2.45) is 0 Å². The molecule has 0 bridgehead atoms. The Balaban J connectivity index is 4.55. The van der Waals surface area contributed by atoms with Gasteiger partial charge in [0.05, 0.1) is 0 Å². The van der Waals surface area contributed by atoms with E-state index in [0.29, 0.717) is 19.3 Å². The Morgan fingerprint density at radius 3 is 1.03 bits per heavy atom. The number of ether oxygens (including phenoxy) is 3. The van der Waals surface area contributed by atoms with Gasteiger partial charge in [0.25, 0.3) is 0 Å². The molecule has 0 aliphatic rings. The molecule has 6 heteroatoms. The van der Waals surface area contributed by atoms with E-state index in [9.17, 15) is 14.4 Å². The number of carbonyl (C=O) groups is 3. The smallest absolute Gasteiger partial charge is 0.306 e. The number of hydrogen-bond acceptors (Lipinski definition) is 6. The summed E-state index contributed by atoms with van der Waals surface area (Å²) in [6.45, 7) is 6.41. The van der Waals surface area contributed by atoms with E-state index in [0.717, 1.165) is 89.9 Å². The number of esters is 3. The summed E-state index contributed by atoms with van der Waals surface area (Å²) in [5.41, 5.74) is 0. The zero-order chi connectivity index (χ0) is 52.2. The molecular weight excluding hydrogens is 889 g/mol. The van der Waals surface area contributed by atoms with Crippen molar-refractivity contribution in [1.82, 2.24) is 0 Å². The number of carbonyl (C=O) groups excluding carboxylic acids is 3. The minimum absolute atomic E-state index is 0.119. The van der Waals surface area contributed by atoms with Gasteiger partial charge in [0.2, 0.25) is 0 Å². The SMILES string of the molecule is CC/C=C\C/C=C\C/C=C\C/C=C\C/C=C\C/C=C\CCC(=O)OCC(COC(=O)CCCCC/C=C\C=C/CCCCCCCCC)OC(=O)CCCCCCCCCCCC/C=C\C=C/CCCCC. The fourth-order valence-corrected chi connectivity index (χ4v) is 7.80. The van der Waals surface area contributed by atoms with Gasteiger partial charge < -0.3 is 14.2 Å². The maximum Gasteiger partial charge on any atom is 0.306 e. The minimum atomic E-state index is -0.826. The van der Waals surface area contributed by atoms with Crippen LogP contribution < -0.4 is 0 Å².